The fraction of sp³-hybridized carbons (Fsp3) is 0.263. The Kier molecular flexibility index (Phi) is 5.85. The van der Waals surface area contributed by atoms with Crippen LogP contribution >= 0.6 is 11.6 Å². The molecule has 0 amide bonds. The second-order valence-corrected chi connectivity index (χ2v) is 6.35. The Morgan fingerprint density at radius 1 is 1.19 bits per heavy atom. The van der Waals surface area contributed by atoms with Gasteiger partial charge in [0.25, 0.3) is 0 Å². The Morgan fingerprint density at radius 2 is 1.96 bits per heavy atom. The second-order valence-electron chi connectivity index (χ2n) is 5.91. The lowest BCUT2D eigenvalue weighted by Gasteiger charge is -2.21. The number of halogens is 2. The molecule has 26 heavy (non-hydrogen) atoms. The SMILES string of the molecule is C[C@@H](c1nnc(-c2cccc(Cl)c2)o1)N(C)CCOc1ccc(F)cc1. The number of likely N-dealkylation sites (N-methyl/N-ethyl adjacent to an activating group) is 1. The topological polar surface area (TPSA) is 51.4 Å². The highest BCUT2D eigenvalue weighted by molar-refractivity contribution is 6.30. The molecule has 0 fully saturated rings. The summed E-state index contributed by atoms with van der Waals surface area (Å²) in [5, 5.41) is 8.85. The van der Waals surface area contributed by atoms with Crippen LogP contribution in [0.2, 0.25) is 5.02 Å². The Morgan fingerprint density at radius 3 is 2.69 bits per heavy atom. The Hall–Kier alpha value is -2.44. The van der Waals surface area contributed by atoms with E-state index in [0.717, 1.165) is 5.56 Å². The molecule has 1 heterocycles. The van der Waals surface area contributed by atoms with Crippen LogP contribution in [-0.2, 0) is 0 Å². The molecule has 0 N–H and O–H groups in total. The van der Waals surface area contributed by atoms with E-state index >= 15 is 0 Å². The number of ether oxygens (including phenoxy) is 1. The Labute approximate surface area is 156 Å². The first kappa shape index (κ1) is 18.4. The van der Waals surface area contributed by atoms with Gasteiger partial charge >= 0.3 is 0 Å². The first-order chi connectivity index (χ1) is 12.5. The zero-order chi connectivity index (χ0) is 18.5. The summed E-state index contributed by atoms with van der Waals surface area (Å²) in [7, 11) is 1.95. The molecular formula is C19H19ClFN3O2. The average Bonchev–Trinajstić information content (AvgIpc) is 3.13. The third-order valence-electron chi connectivity index (χ3n) is 4.06. The number of hydrogen-bond acceptors (Lipinski definition) is 5. The molecule has 0 saturated heterocycles. The van der Waals surface area contributed by atoms with E-state index in [1.54, 1.807) is 24.3 Å². The van der Waals surface area contributed by atoms with Gasteiger partial charge in [-0.3, -0.25) is 4.90 Å². The van der Waals surface area contributed by atoms with Crippen LogP contribution < -0.4 is 4.74 Å². The van der Waals surface area contributed by atoms with Crippen LogP contribution in [-0.4, -0.2) is 35.3 Å². The van der Waals surface area contributed by atoms with Crippen molar-refractivity contribution in [1.29, 1.82) is 0 Å². The van der Waals surface area contributed by atoms with Crippen molar-refractivity contribution in [1.82, 2.24) is 15.1 Å². The molecule has 3 aromatic rings. The summed E-state index contributed by atoms with van der Waals surface area (Å²) in [5.41, 5.74) is 0.783. The van der Waals surface area contributed by atoms with Crippen molar-refractivity contribution in [3.05, 3.63) is 65.3 Å². The van der Waals surface area contributed by atoms with Crippen LogP contribution in [0.3, 0.4) is 0 Å². The van der Waals surface area contributed by atoms with E-state index in [-0.39, 0.29) is 11.9 Å². The third-order valence-corrected chi connectivity index (χ3v) is 4.29. The predicted octanol–water partition coefficient (Wildman–Crippen LogP) is 4.60. The van der Waals surface area contributed by atoms with Gasteiger partial charge < -0.3 is 9.15 Å². The van der Waals surface area contributed by atoms with E-state index in [1.807, 2.05) is 31.0 Å². The van der Waals surface area contributed by atoms with Gasteiger partial charge in [-0.05, 0) is 56.4 Å². The molecule has 136 valence electrons. The molecule has 0 aliphatic carbocycles. The minimum absolute atomic E-state index is 0.0766. The molecule has 0 radical (unpaired) electrons. The maximum absolute atomic E-state index is 12.9. The van der Waals surface area contributed by atoms with Crippen molar-refractivity contribution in [3.8, 4) is 17.2 Å². The summed E-state index contributed by atoms with van der Waals surface area (Å²) >= 11 is 6.00. The Balaban J connectivity index is 1.56. The van der Waals surface area contributed by atoms with Gasteiger partial charge in [-0.25, -0.2) is 4.39 Å². The summed E-state index contributed by atoms with van der Waals surface area (Å²) in [6.07, 6.45) is 0. The van der Waals surface area contributed by atoms with Gasteiger partial charge in [-0.2, -0.15) is 0 Å². The molecule has 1 atom stereocenters. The lowest BCUT2D eigenvalue weighted by Crippen LogP contribution is -2.27. The van der Waals surface area contributed by atoms with E-state index in [0.29, 0.717) is 35.7 Å². The van der Waals surface area contributed by atoms with Gasteiger partial charge in [-0.1, -0.05) is 17.7 Å². The molecular weight excluding hydrogens is 357 g/mol. The van der Waals surface area contributed by atoms with Gasteiger partial charge in [0.15, 0.2) is 0 Å². The molecule has 0 unspecified atom stereocenters. The maximum atomic E-state index is 12.9. The van der Waals surface area contributed by atoms with Gasteiger partial charge in [0, 0.05) is 17.1 Å². The highest BCUT2D eigenvalue weighted by atomic mass is 35.5. The number of rotatable bonds is 7. The van der Waals surface area contributed by atoms with Gasteiger partial charge in [-0.15, -0.1) is 10.2 Å². The zero-order valence-electron chi connectivity index (χ0n) is 14.5. The first-order valence-electron chi connectivity index (χ1n) is 8.21. The lowest BCUT2D eigenvalue weighted by molar-refractivity contribution is 0.182. The molecule has 3 rings (SSSR count). The number of aromatic nitrogens is 2. The second kappa shape index (κ2) is 8.29. The van der Waals surface area contributed by atoms with Gasteiger partial charge in [0.1, 0.15) is 18.2 Å². The quantitative estimate of drug-likeness (QED) is 0.604. The van der Waals surface area contributed by atoms with Crippen LogP contribution in [0.5, 0.6) is 5.75 Å². The summed E-state index contributed by atoms with van der Waals surface area (Å²) in [6.45, 7) is 3.09. The predicted molar refractivity (Wildman–Crippen MR) is 97.7 cm³/mol. The van der Waals surface area contributed by atoms with Crippen molar-refractivity contribution in [3.63, 3.8) is 0 Å². The van der Waals surface area contributed by atoms with Crippen LogP contribution in [0, 0.1) is 5.82 Å². The first-order valence-corrected chi connectivity index (χ1v) is 8.58. The van der Waals surface area contributed by atoms with Gasteiger partial charge in [0.2, 0.25) is 11.8 Å². The smallest absolute Gasteiger partial charge is 0.247 e. The van der Waals surface area contributed by atoms with E-state index in [2.05, 4.69) is 10.2 Å². The number of benzene rings is 2. The Bertz CT molecular complexity index is 854. The van der Waals surface area contributed by atoms with Crippen molar-refractivity contribution >= 4 is 11.6 Å². The minimum atomic E-state index is -0.282. The monoisotopic (exact) mass is 375 g/mol. The summed E-state index contributed by atoms with van der Waals surface area (Å²) < 4.78 is 24.3. The summed E-state index contributed by atoms with van der Waals surface area (Å²) in [4.78, 5) is 2.04. The van der Waals surface area contributed by atoms with Crippen molar-refractivity contribution in [2.75, 3.05) is 20.2 Å². The summed E-state index contributed by atoms with van der Waals surface area (Å²) in [5.74, 6) is 1.30. The standard InChI is InChI=1S/C19H19ClFN3O2/c1-13(24(2)10-11-25-17-8-6-16(21)7-9-17)18-22-23-19(26-18)14-4-3-5-15(20)12-14/h3-9,12-13H,10-11H2,1-2H3/t13-/m0/s1. The normalized spacial score (nSPS) is 12.3. The molecule has 0 saturated carbocycles. The molecule has 1 aromatic heterocycles. The molecule has 0 aliphatic rings. The van der Waals surface area contributed by atoms with Gasteiger partial charge in [0.05, 0.1) is 6.04 Å². The maximum Gasteiger partial charge on any atom is 0.247 e. The van der Waals surface area contributed by atoms with Crippen LogP contribution in [0.15, 0.2) is 52.9 Å². The van der Waals surface area contributed by atoms with E-state index in [1.165, 1.54) is 12.1 Å². The minimum Gasteiger partial charge on any atom is -0.492 e. The molecule has 5 nitrogen and oxygen atoms in total. The zero-order valence-corrected chi connectivity index (χ0v) is 15.3. The van der Waals surface area contributed by atoms with Crippen LogP contribution in [0.1, 0.15) is 18.9 Å². The van der Waals surface area contributed by atoms with E-state index in [4.69, 9.17) is 20.8 Å². The van der Waals surface area contributed by atoms with Crippen LogP contribution in [0.4, 0.5) is 4.39 Å². The van der Waals surface area contributed by atoms with Crippen molar-refractivity contribution < 1.29 is 13.5 Å². The molecule has 7 heteroatoms. The molecule has 0 spiro atoms. The van der Waals surface area contributed by atoms with Crippen LogP contribution in [0.25, 0.3) is 11.5 Å². The fourth-order valence-electron chi connectivity index (χ4n) is 2.36. The van der Waals surface area contributed by atoms with E-state index in [9.17, 15) is 4.39 Å². The molecule has 2 aromatic carbocycles. The highest BCUT2D eigenvalue weighted by Crippen LogP contribution is 2.25. The molecule has 0 aliphatic heterocycles. The third kappa shape index (κ3) is 4.59. The van der Waals surface area contributed by atoms with Crippen molar-refractivity contribution in [2.24, 2.45) is 0 Å². The largest absolute Gasteiger partial charge is 0.492 e. The van der Waals surface area contributed by atoms with E-state index < -0.39 is 0 Å². The average molecular weight is 376 g/mol. The summed E-state index contributed by atoms with van der Waals surface area (Å²) in [6, 6.07) is 13.2. The fourth-order valence-corrected chi connectivity index (χ4v) is 2.55. The molecule has 0 bridgehead atoms. The highest BCUT2D eigenvalue weighted by Gasteiger charge is 2.19. The lowest BCUT2D eigenvalue weighted by atomic mass is 10.2. The van der Waals surface area contributed by atoms with Crippen molar-refractivity contribution in [2.45, 2.75) is 13.0 Å². The number of hydrogen-bond donors (Lipinski definition) is 0. The number of nitrogens with zero attached hydrogens (tertiary/aromatic N) is 3.